The van der Waals surface area contributed by atoms with Crippen molar-refractivity contribution in [1.29, 1.82) is 0 Å². The summed E-state index contributed by atoms with van der Waals surface area (Å²) in [5.41, 5.74) is 9.39. The molecule has 0 atom stereocenters. The Hall–Kier alpha value is -1.03. The first-order chi connectivity index (χ1) is 9.20. The van der Waals surface area contributed by atoms with Crippen molar-refractivity contribution in [3.8, 4) is 0 Å². The van der Waals surface area contributed by atoms with E-state index in [1.807, 2.05) is 19.9 Å². The van der Waals surface area contributed by atoms with Gasteiger partial charge in [0.05, 0.1) is 5.92 Å². The highest BCUT2D eigenvalue weighted by molar-refractivity contribution is 5.31. The fourth-order valence-electron chi connectivity index (χ4n) is 3.02. The van der Waals surface area contributed by atoms with E-state index in [2.05, 4.69) is 12.1 Å². The topological polar surface area (TPSA) is 26.0 Å². The SMILES string of the molecule is Cc1ccc(CC2(N)CCC(C(F)(F)F)CC2)cc1C. The third-order valence-electron chi connectivity index (χ3n) is 4.57. The predicted molar refractivity (Wildman–Crippen MR) is 74.6 cm³/mol. The highest BCUT2D eigenvalue weighted by Crippen LogP contribution is 2.41. The van der Waals surface area contributed by atoms with Crippen LogP contribution in [-0.4, -0.2) is 11.7 Å². The van der Waals surface area contributed by atoms with Crippen molar-refractivity contribution in [2.75, 3.05) is 0 Å². The molecule has 1 aliphatic carbocycles. The average molecular weight is 285 g/mol. The van der Waals surface area contributed by atoms with E-state index in [-0.39, 0.29) is 12.8 Å². The molecule has 0 saturated heterocycles. The molecule has 0 unspecified atom stereocenters. The Bertz CT molecular complexity index is 471. The van der Waals surface area contributed by atoms with Crippen LogP contribution in [0.1, 0.15) is 42.4 Å². The van der Waals surface area contributed by atoms with Crippen LogP contribution < -0.4 is 5.73 Å². The van der Waals surface area contributed by atoms with Crippen molar-refractivity contribution >= 4 is 0 Å². The Morgan fingerprint density at radius 1 is 1.15 bits per heavy atom. The maximum Gasteiger partial charge on any atom is 0.391 e. The van der Waals surface area contributed by atoms with Crippen LogP contribution in [-0.2, 0) is 6.42 Å². The van der Waals surface area contributed by atoms with Crippen LogP contribution in [0, 0.1) is 19.8 Å². The van der Waals surface area contributed by atoms with Crippen molar-refractivity contribution < 1.29 is 13.2 Å². The molecule has 0 aromatic heterocycles. The number of nitrogens with two attached hydrogens (primary N) is 1. The maximum atomic E-state index is 12.7. The van der Waals surface area contributed by atoms with Gasteiger partial charge in [0.15, 0.2) is 0 Å². The Morgan fingerprint density at radius 2 is 1.75 bits per heavy atom. The average Bonchev–Trinajstić information content (AvgIpc) is 2.33. The van der Waals surface area contributed by atoms with Crippen LogP contribution in [0.3, 0.4) is 0 Å². The lowest BCUT2D eigenvalue weighted by atomic mass is 9.74. The van der Waals surface area contributed by atoms with E-state index in [4.69, 9.17) is 5.73 Å². The van der Waals surface area contributed by atoms with Crippen LogP contribution in [0.2, 0.25) is 0 Å². The van der Waals surface area contributed by atoms with Crippen molar-refractivity contribution in [3.63, 3.8) is 0 Å². The van der Waals surface area contributed by atoms with E-state index < -0.39 is 17.6 Å². The summed E-state index contributed by atoms with van der Waals surface area (Å²) in [5.74, 6) is -1.17. The van der Waals surface area contributed by atoms with Gasteiger partial charge in [0.1, 0.15) is 0 Å². The van der Waals surface area contributed by atoms with Gasteiger partial charge in [-0.2, -0.15) is 13.2 Å². The molecule has 0 heterocycles. The summed E-state index contributed by atoms with van der Waals surface area (Å²) in [5, 5.41) is 0. The van der Waals surface area contributed by atoms with E-state index in [0.717, 1.165) is 5.56 Å². The second-order valence-corrected chi connectivity index (χ2v) is 6.27. The van der Waals surface area contributed by atoms with Gasteiger partial charge in [0.2, 0.25) is 0 Å². The minimum absolute atomic E-state index is 0.158. The zero-order chi connectivity index (χ0) is 15.0. The first-order valence-electron chi connectivity index (χ1n) is 7.11. The van der Waals surface area contributed by atoms with Gasteiger partial charge in [-0.05, 0) is 62.6 Å². The molecule has 0 amide bonds. The fourth-order valence-corrected chi connectivity index (χ4v) is 3.02. The minimum Gasteiger partial charge on any atom is -0.325 e. The Balaban J connectivity index is 2.01. The van der Waals surface area contributed by atoms with Crippen LogP contribution in [0.15, 0.2) is 18.2 Å². The largest absolute Gasteiger partial charge is 0.391 e. The van der Waals surface area contributed by atoms with Crippen LogP contribution in [0.25, 0.3) is 0 Å². The molecule has 0 radical (unpaired) electrons. The summed E-state index contributed by atoms with van der Waals surface area (Å²) < 4.78 is 38.0. The normalized spacial score (nSPS) is 27.6. The monoisotopic (exact) mass is 285 g/mol. The van der Waals surface area contributed by atoms with Gasteiger partial charge < -0.3 is 5.73 Å². The molecule has 1 nitrogen and oxygen atoms in total. The number of halogens is 3. The molecule has 1 fully saturated rings. The molecule has 1 aromatic rings. The lowest BCUT2D eigenvalue weighted by Crippen LogP contribution is -2.47. The second kappa shape index (κ2) is 5.40. The van der Waals surface area contributed by atoms with E-state index in [9.17, 15) is 13.2 Å². The van der Waals surface area contributed by atoms with Crippen molar-refractivity contribution in [1.82, 2.24) is 0 Å². The molecule has 1 saturated carbocycles. The minimum atomic E-state index is -4.07. The summed E-state index contributed by atoms with van der Waals surface area (Å²) in [6, 6.07) is 6.18. The molecule has 2 N–H and O–H groups in total. The molecule has 112 valence electrons. The van der Waals surface area contributed by atoms with Crippen molar-refractivity contribution in [3.05, 3.63) is 34.9 Å². The smallest absolute Gasteiger partial charge is 0.325 e. The van der Waals surface area contributed by atoms with Crippen LogP contribution >= 0.6 is 0 Å². The quantitative estimate of drug-likeness (QED) is 0.861. The fraction of sp³-hybridized carbons (Fsp3) is 0.625. The van der Waals surface area contributed by atoms with Gasteiger partial charge in [0, 0.05) is 5.54 Å². The Kier molecular flexibility index (Phi) is 4.14. The zero-order valence-corrected chi connectivity index (χ0v) is 12.1. The number of rotatable bonds is 2. The molecule has 1 aliphatic rings. The van der Waals surface area contributed by atoms with Gasteiger partial charge >= 0.3 is 6.18 Å². The third kappa shape index (κ3) is 3.54. The van der Waals surface area contributed by atoms with Gasteiger partial charge in [-0.15, -0.1) is 0 Å². The van der Waals surface area contributed by atoms with Gasteiger partial charge in [-0.1, -0.05) is 18.2 Å². The molecular weight excluding hydrogens is 263 g/mol. The molecule has 0 bridgehead atoms. The van der Waals surface area contributed by atoms with Crippen LogP contribution in [0.5, 0.6) is 0 Å². The number of hydrogen-bond donors (Lipinski definition) is 1. The van der Waals surface area contributed by atoms with Crippen molar-refractivity contribution in [2.24, 2.45) is 11.7 Å². The molecule has 2 rings (SSSR count). The lowest BCUT2D eigenvalue weighted by Gasteiger charge is -2.38. The van der Waals surface area contributed by atoms with E-state index in [1.165, 1.54) is 11.1 Å². The highest BCUT2D eigenvalue weighted by Gasteiger charge is 2.44. The molecular formula is C16H22F3N. The molecule has 0 aliphatic heterocycles. The standard InChI is InChI=1S/C16H22F3N/c1-11-3-4-13(9-12(11)2)10-15(20)7-5-14(6-8-15)16(17,18)19/h3-4,9,14H,5-8,10,20H2,1-2H3. The summed E-state index contributed by atoms with van der Waals surface area (Å²) in [4.78, 5) is 0. The first-order valence-corrected chi connectivity index (χ1v) is 7.11. The van der Waals surface area contributed by atoms with E-state index in [0.29, 0.717) is 19.3 Å². The molecule has 0 spiro atoms. The maximum absolute atomic E-state index is 12.7. The number of benzene rings is 1. The predicted octanol–water partition coefficient (Wildman–Crippen LogP) is 4.30. The molecule has 1 aromatic carbocycles. The number of aryl methyl sites for hydroxylation is 2. The molecule has 4 heteroatoms. The Morgan fingerprint density at radius 3 is 2.25 bits per heavy atom. The third-order valence-corrected chi connectivity index (χ3v) is 4.57. The van der Waals surface area contributed by atoms with Gasteiger partial charge in [-0.3, -0.25) is 0 Å². The summed E-state index contributed by atoms with van der Waals surface area (Å²) in [6.45, 7) is 4.09. The highest BCUT2D eigenvalue weighted by atomic mass is 19.4. The van der Waals surface area contributed by atoms with Crippen molar-refractivity contribution in [2.45, 2.75) is 57.7 Å². The van der Waals surface area contributed by atoms with E-state index in [1.54, 1.807) is 0 Å². The van der Waals surface area contributed by atoms with Gasteiger partial charge in [0.25, 0.3) is 0 Å². The number of hydrogen-bond acceptors (Lipinski definition) is 1. The Labute approximate surface area is 118 Å². The summed E-state index contributed by atoms with van der Waals surface area (Å²) >= 11 is 0. The van der Waals surface area contributed by atoms with Crippen LogP contribution in [0.4, 0.5) is 13.2 Å². The first kappa shape index (κ1) is 15.4. The summed E-state index contributed by atoms with van der Waals surface area (Å²) in [6.07, 6.45) is -2.19. The van der Waals surface area contributed by atoms with Gasteiger partial charge in [-0.25, -0.2) is 0 Å². The number of alkyl halides is 3. The summed E-state index contributed by atoms with van der Waals surface area (Å²) in [7, 11) is 0. The second-order valence-electron chi connectivity index (χ2n) is 6.27. The lowest BCUT2D eigenvalue weighted by molar-refractivity contribution is -0.184. The zero-order valence-electron chi connectivity index (χ0n) is 12.1. The molecule has 20 heavy (non-hydrogen) atoms. The van der Waals surface area contributed by atoms with E-state index >= 15 is 0 Å².